The molecule has 0 bridgehead atoms. The molecule has 0 spiro atoms. The molecule has 0 aromatic carbocycles. The fourth-order valence-corrected chi connectivity index (χ4v) is 2.36. The number of carbonyl (C=O) groups excluding carboxylic acids is 1. The first-order valence-corrected chi connectivity index (χ1v) is 7.15. The van der Waals surface area contributed by atoms with Crippen LogP contribution >= 0.6 is 0 Å². The van der Waals surface area contributed by atoms with Gasteiger partial charge in [-0.05, 0) is 24.7 Å². The molecule has 0 radical (unpaired) electrons. The van der Waals surface area contributed by atoms with Gasteiger partial charge in [0.1, 0.15) is 12.2 Å². The van der Waals surface area contributed by atoms with Gasteiger partial charge in [-0.25, -0.2) is 9.48 Å². The van der Waals surface area contributed by atoms with Crippen molar-refractivity contribution in [3.8, 4) is 0 Å². The summed E-state index contributed by atoms with van der Waals surface area (Å²) in [5.41, 5.74) is 0.845. The predicted molar refractivity (Wildman–Crippen MR) is 74.5 cm³/mol. The van der Waals surface area contributed by atoms with Crippen LogP contribution in [0, 0.1) is 5.41 Å². The van der Waals surface area contributed by atoms with Gasteiger partial charge in [0.2, 0.25) is 0 Å². The summed E-state index contributed by atoms with van der Waals surface area (Å²) in [4.78, 5) is 22.2. The van der Waals surface area contributed by atoms with E-state index in [1.165, 1.54) is 23.7 Å². The molecule has 21 heavy (non-hydrogen) atoms. The van der Waals surface area contributed by atoms with Crippen LogP contribution in [0.15, 0.2) is 6.20 Å². The summed E-state index contributed by atoms with van der Waals surface area (Å²) in [5, 5.41) is 21.7. The van der Waals surface area contributed by atoms with E-state index >= 15 is 0 Å². The summed E-state index contributed by atoms with van der Waals surface area (Å²) in [6.07, 6.45) is 6.16. The van der Waals surface area contributed by atoms with Gasteiger partial charge in [0.25, 0.3) is 0 Å². The molecule has 8 nitrogen and oxygen atoms in total. The van der Waals surface area contributed by atoms with Crippen LogP contribution in [0.25, 0.3) is 0 Å². The molecule has 8 heteroatoms. The van der Waals surface area contributed by atoms with Crippen molar-refractivity contribution in [1.82, 2.24) is 25.6 Å². The molecular formula is C13H21N5O3. The van der Waals surface area contributed by atoms with E-state index in [9.17, 15) is 9.59 Å². The molecule has 1 aromatic rings. The van der Waals surface area contributed by atoms with Gasteiger partial charge in [-0.2, -0.15) is 0 Å². The third-order valence-corrected chi connectivity index (χ3v) is 3.67. The second-order valence-corrected chi connectivity index (χ2v) is 5.59. The SMILES string of the molecule is CCCC1(CNC(=O)NCc2cn(CC(=O)O)nn2)CC1. The maximum absolute atomic E-state index is 11.7. The van der Waals surface area contributed by atoms with Gasteiger partial charge in [0.15, 0.2) is 0 Å². The van der Waals surface area contributed by atoms with Crippen molar-refractivity contribution in [2.24, 2.45) is 5.41 Å². The smallest absolute Gasteiger partial charge is 0.325 e. The van der Waals surface area contributed by atoms with Gasteiger partial charge in [-0.3, -0.25) is 4.79 Å². The van der Waals surface area contributed by atoms with Crippen LogP contribution in [-0.4, -0.2) is 38.6 Å². The summed E-state index contributed by atoms with van der Waals surface area (Å²) >= 11 is 0. The summed E-state index contributed by atoms with van der Waals surface area (Å²) in [5.74, 6) is -0.984. The highest BCUT2D eigenvalue weighted by atomic mass is 16.4. The van der Waals surface area contributed by atoms with Crippen LogP contribution in [-0.2, 0) is 17.9 Å². The fraction of sp³-hybridized carbons (Fsp3) is 0.692. The third-order valence-electron chi connectivity index (χ3n) is 3.67. The number of amides is 2. The lowest BCUT2D eigenvalue weighted by Gasteiger charge is -2.14. The summed E-state index contributed by atoms with van der Waals surface area (Å²) in [7, 11) is 0. The van der Waals surface area contributed by atoms with E-state index in [-0.39, 0.29) is 19.1 Å². The molecule has 2 rings (SSSR count). The number of carbonyl (C=O) groups is 2. The molecule has 1 aromatic heterocycles. The van der Waals surface area contributed by atoms with Crippen molar-refractivity contribution in [3.05, 3.63) is 11.9 Å². The Morgan fingerprint density at radius 1 is 1.43 bits per heavy atom. The number of aromatic nitrogens is 3. The van der Waals surface area contributed by atoms with Crippen molar-refractivity contribution >= 4 is 12.0 Å². The Morgan fingerprint density at radius 3 is 2.81 bits per heavy atom. The number of aliphatic carboxylic acids is 1. The van der Waals surface area contributed by atoms with Crippen LogP contribution in [0.1, 0.15) is 38.3 Å². The lowest BCUT2D eigenvalue weighted by atomic mass is 10.0. The van der Waals surface area contributed by atoms with Crippen molar-refractivity contribution in [1.29, 1.82) is 0 Å². The summed E-state index contributed by atoms with van der Waals surface area (Å²) in [6.45, 7) is 2.85. The first kappa shape index (κ1) is 15.3. The Balaban J connectivity index is 1.69. The van der Waals surface area contributed by atoms with Crippen LogP contribution in [0.3, 0.4) is 0 Å². The molecule has 3 N–H and O–H groups in total. The molecule has 1 saturated carbocycles. The number of urea groups is 1. The van der Waals surface area contributed by atoms with E-state index in [2.05, 4.69) is 27.9 Å². The van der Waals surface area contributed by atoms with Crippen LogP contribution in [0.5, 0.6) is 0 Å². The maximum atomic E-state index is 11.7. The van der Waals surface area contributed by atoms with Gasteiger partial charge in [-0.1, -0.05) is 18.6 Å². The molecule has 1 fully saturated rings. The van der Waals surface area contributed by atoms with Gasteiger partial charge in [0, 0.05) is 6.54 Å². The molecule has 0 saturated heterocycles. The number of hydrogen-bond donors (Lipinski definition) is 3. The van der Waals surface area contributed by atoms with E-state index in [4.69, 9.17) is 5.11 Å². The minimum atomic E-state index is -0.984. The van der Waals surface area contributed by atoms with Gasteiger partial charge < -0.3 is 15.7 Å². The first-order chi connectivity index (χ1) is 10.0. The quantitative estimate of drug-likeness (QED) is 0.655. The Kier molecular flexibility index (Phi) is 4.77. The maximum Gasteiger partial charge on any atom is 0.325 e. The van der Waals surface area contributed by atoms with Crippen LogP contribution in [0.4, 0.5) is 4.79 Å². The Bertz CT molecular complexity index is 510. The van der Waals surface area contributed by atoms with Crippen LogP contribution < -0.4 is 10.6 Å². The highest BCUT2D eigenvalue weighted by molar-refractivity contribution is 5.73. The standard InChI is InChI=1S/C13H21N5O3/c1-2-3-13(4-5-13)9-15-12(21)14-6-10-7-18(17-16-10)8-11(19)20/h7H,2-6,8-9H2,1H3,(H,19,20)(H2,14,15,21). The molecule has 0 aliphatic heterocycles. The fourth-order valence-electron chi connectivity index (χ4n) is 2.36. The van der Waals surface area contributed by atoms with Crippen molar-refractivity contribution < 1.29 is 14.7 Å². The van der Waals surface area contributed by atoms with Gasteiger partial charge in [-0.15, -0.1) is 5.10 Å². The second kappa shape index (κ2) is 6.55. The third kappa shape index (κ3) is 4.73. The second-order valence-electron chi connectivity index (χ2n) is 5.59. The minimum absolute atomic E-state index is 0.228. The van der Waals surface area contributed by atoms with Gasteiger partial charge >= 0.3 is 12.0 Å². The molecule has 0 atom stereocenters. The highest BCUT2D eigenvalue weighted by Crippen LogP contribution is 2.48. The van der Waals surface area contributed by atoms with E-state index in [0.29, 0.717) is 17.7 Å². The average molecular weight is 295 g/mol. The molecule has 0 unspecified atom stereocenters. The lowest BCUT2D eigenvalue weighted by molar-refractivity contribution is -0.137. The minimum Gasteiger partial charge on any atom is -0.480 e. The molecule has 116 valence electrons. The molecule has 1 heterocycles. The van der Waals surface area contributed by atoms with Crippen molar-refractivity contribution in [2.45, 2.75) is 45.7 Å². The first-order valence-electron chi connectivity index (χ1n) is 7.15. The largest absolute Gasteiger partial charge is 0.480 e. The average Bonchev–Trinajstić information content (AvgIpc) is 3.05. The van der Waals surface area contributed by atoms with E-state index in [1.54, 1.807) is 0 Å². The predicted octanol–water partition coefficient (Wildman–Crippen LogP) is 0.742. The zero-order valence-corrected chi connectivity index (χ0v) is 12.1. The number of carboxylic acids is 1. The zero-order chi connectivity index (χ0) is 15.3. The van der Waals surface area contributed by atoms with Gasteiger partial charge in [0.05, 0.1) is 12.7 Å². The van der Waals surface area contributed by atoms with Crippen LogP contribution in [0.2, 0.25) is 0 Å². The number of carboxylic acid groups (broad SMARTS) is 1. The Hall–Kier alpha value is -2.12. The normalized spacial score (nSPS) is 15.5. The number of nitrogens with zero attached hydrogens (tertiary/aromatic N) is 3. The van der Waals surface area contributed by atoms with E-state index in [0.717, 1.165) is 12.8 Å². The highest BCUT2D eigenvalue weighted by Gasteiger charge is 2.41. The summed E-state index contributed by atoms with van der Waals surface area (Å²) < 4.78 is 1.22. The number of rotatable bonds is 8. The molecule has 1 aliphatic carbocycles. The Labute approximate surface area is 122 Å². The molecule has 2 amide bonds. The lowest BCUT2D eigenvalue weighted by Crippen LogP contribution is -2.38. The monoisotopic (exact) mass is 295 g/mol. The number of hydrogen-bond acceptors (Lipinski definition) is 4. The molecule has 1 aliphatic rings. The zero-order valence-electron chi connectivity index (χ0n) is 12.1. The molecular weight excluding hydrogens is 274 g/mol. The summed E-state index contributed by atoms with van der Waals surface area (Å²) in [6, 6.07) is -0.231. The van der Waals surface area contributed by atoms with E-state index < -0.39 is 5.97 Å². The van der Waals surface area contributed by atoms with E-state index in [1.807, 2.05) is 0 Å². The topological polar surface area (TPSA) is 109 Å². The van der Waals surface area contributed by atoms with Crippen molar-refractivity contribution in [2.75, 3.05) is 6.54 Å². The number of nitrogens with one attached hydrogen (secondary N) is 2. The Morgan fingerprint density at radius 2 is 2.19 bits per heavy atom. The van der Waals surface area contributed by atoms with Crippen molar-refractivity contribution in [3.63, 3.8) is 0 Å².